The summed E-state index contributed by atoms with van der Waals surface area (Å²) in [7, 11) is 2.06. The van der Waals surface area contributed by atoms with E-state index in [2.05, 4.69) is 26.5 Å². The van der Waals surface area contributed by atoms with E-state index in [0.29, 0.717) is 24.7 Å². The number of pyridine rings is 1. The van der Waals surface area contributed by atoms with Gasteiger partial charge in [-0.25, -0.2) is 14.6 Å². The molecule has 224 valence electrons. The van der Waals surface area contributed by atoms with Gasteiger partial charge in [0.1, 0.15) is 5.82 Å². The SMILES string of the molecule is Cc1cccc(COCC2C[C@@H]3[C@@H](C2)OCCN3Cc2nccn2C)n1.O=C(O)C(F)(F)F.O=C(O)C(F)(F)F. The number of aromatic nitrogens is 3. The van der Waals surface area contributed by atoms with Gasteiger partial charge in [0.15, 0.2) is 0 Å². The average Bonchev–Trinajstić information content (AvgIpc) is 3.45. The highest BCUT2D eigenvalue weighted by atomic mass is 19.4. The molecular weight excluding hydrogens is 554 g/mol. The second-order valence-corrected chi connectivity index (χ2v) is 9.13. The van der Waals surface area contributed by atoms with Gasteiger partial charge in [0.05, 0.1) is 38.2 Å². The van der Waals surface area contributed by atoms with E-state index in [0.717, 1.165) is 56.4 Å². The number of carboxylic acid groups (broad SMARTS) is 2. The number of carboxylic acids is 2. The van der Waals surface area contributed by atoms with Crippen molar-refractivity contribution in [3.63, 3.8) is 0 Å². The summed E-state index contributed by atoms with van der Waals surface area (Å²) in [5.41, 5.74) is 2.05. The van der Waals surface area contributed by atoms with Crippen molar-refractivity contribution in [3.8, 4) is 0 Å². The Bertz CT molecular complexity index is 1090. The maximum atomic E-state index is 10.6. The van der Waals surface area contributed by atoms with Crippen LogP contribution >= 0.6 is 0 Å². The predicted octanol–water partition coefficient (Wildman–Crippen LogP) is 3.59. The van der Waals surface area contributed by atoms with E-state index in [1.807, 2.05) is 37.5 Å². The lowest BCUT2D eigenvalue weighted by Crippen LogP contribution is -2.48. The minimum Gasteiger partial charge on any atom is -0.475 e. The molecule has 1 aliphatic heterocycles. The Morgan fingerprint density at radius 3 is 2.25 bits per heavy atom. The molecule has 0 aromatic carbocycles. The van der Waals surface area contributed by atoms with Crippen molar-refractivity contribution >= 4 is 11.9 Å². The number of alkyl halides is 6. The molecule has 1 unspecified atom stereocenters. The molecule has 0 amide bonds. The summed E-state index contributed by atoms with van der Waals surface area (Å²) in [5, 5.41) is 14.2. The third kappa shape index (κ3) is 10.7. The molecule has 1 saturated carbocycles. The number of nitrogens with zero attached hydrogens (tertiary/aromatic N) is 4. The highest BCUT2D eigenvalue weighted by Gasteiger charge is 2.41. The fourth-order valence-electron chi connectivity index (χ4n) is 4.20. The van der Waals surface area contributed by atoms with Gasteiger partial charge in [0.2, 0.25) is 0 Å². The lowest BCUT2D eigenvalue weighted by Gasteiger charge is -2.37. The van der Waals surface area contributed by atoms with Crippen molar-refractivity contribution in [2.45, 2.75) is 57.4 Å². The van der Waals surface area contributed by atoms with E-state index in [1.54, 1.807) is 0 Å². The Labute approximate surface area is 225 Å². The molecule has 10 nitrogen and oxygen atoms in total. The summed E-state index contributed by atoms with van der Waals surface area (Å²) in [6, 6.07) is 6.55. The van der Waals surface area contributed by atoms with E-state index in [4.69, 9.17) is 29.3 Å². The molecular formula is C24H30F6N4O6. The molecule has 2 aromatic rings. The quantitative estimate of drug-likeness (QED) is 0.490. The minimum atomic E-state index is -5.08. The first-order valence-electron chi connectivity index (χ1n) is 12.0. The third-order valence-electron chi connectivity index (χ3n) is 6.05. The molecule has 0 bridgehead atoms. The summed E-state index contributed by atoms with van der Waals surface area (Å²) in [5.74, 6) is -3.84. The Kier molecular flexibility index (Phi) is 11.9. The van der Waals surface area contributed by atoms with Crippen LogP contribution in [0.25, 0.3) is 0 Å². The number of aliphatic carboxylic acids is 2. The summed E-state index contributed by atoms with van der Waals surface area (Å²) in [4.78, 5) is 29.3. The molecule has 2 N–H and O–H groups in total. The Morgan fingerprint density at radius 1 is 1.10 bits per heavy atom. The van der Waals surface area contributed by atoms with Crippen LogP contribution in [0.5, 0.6) is 0 Å². The summed E-state index contributed by atoms with van der Waals surface area (Å²) in [6.45, 7) is 6.07. The van der Waals surface area contributed by atoms with Crippen LogP contribution in [0.3, 0.4) is 0 Å². The normalized spacial score (nSPS) is 20.9. The Hall–Kier alpha value is -3.24. The fourth-order valence-corrected chi connectivity index (χ4v) is 4.20. The molecule has 2 fully saturated rings. The number of rotatable bonds is 6. The molecule has 2 aliphatic rings. The van der Waals surface area contributed by atoms with Gasteiger partial charge >= 0.3 is 24.3 Å². The number of carbonyl (C=O) groups is 2. The summed E-state index contributed by atoms with van der Waals surface area (Å²) in [6.07, 6.45) is -3.73. The number of morpholine rings is 1. The number of fused-ring (bicyclic) bond motifs is 1. The standard InChI is InChI=1S/C20H28N4O2.2C2HF3O2/c1-15-4-3-5-17(22-15)14-25-13-16-10-18-19(11-16)26-9-8-24(18)12-20-21-6-7-23(20)2;2*3-2(4,5)1(6)7/h3-7,16,18-19H,8-14H2,1-2H3;2*(H,6,7)/t16?,18-,19-;;/m1../s1. The average molecular weight is 585 g/mol. The molecule has 16 heteroatoms. The summed E-state index contributed by atoms with van der Waals surface area (Å²) < 4.78 is 77.6. The van der Waals surface area contributed by atoms with Crippen LogP contribution in [0.15, 0.2) is 30.6 Å². The zero-order valence-electron chi connectivity index (χ0n) is 21.7. The molecule has 2 aromatic heterocycles. The maximum Gasteiger partial charge on any atom is 0.490 e. The second-order valence-electron chi connectivity index (χ2n) is 9.13. The lowest BCUT2D eigenvalue weighted by molar-refractivity contribution is -0.193. The van der Waals surface area contributed by atoms with Gasteiger partial charge in [-0.1, -0.05) is 6.07 Å². The van der Waals surface area contributed by atoms with Crippen LogP contribution < -0.4 is 0 Å². The van der Waals surface area contributed by atoms with Gasteiger partial charge < -0.3 is 24.3 Å². The van der Waals surface area contributed by atoms with E-state index >= 15 is 0 Å². The van der Waals surface area contributed by atoms with Crippen molar-refractivity contribution in [2.75, 3.05) is 19.8 Å². The van der Waals surface area contributed by atoms with Gasteiger partial charge in [-0.3, -0.25) is 9.88 Å². The number of imidazole rings is 1. The highest BCUT2D eigenvalue weighted by molar-refractivity contribution is 5.73. The maximum absolute atomic E-state index is 10.6. The van der Waals surface area contributed by atoms with Crippen LogP contribution in [0.4, 0.5) is 26.3 Å². The summed E-state index contributed by atoms with van der Waals surface area (Å²) >= 11 is 0. The van der Waals surface area contributed by atoms with Crippen molar-refractivity contribution < 1.29 is 55.6 Å². The van der Waals surface area contributed by atoms with Crippen LogP contribution in [0.1, 0.15) is 30.1 Å². The van der Waals surface area contributed by atoms with Crippen molar-refractivity contribution in [2.24, 2.45) is 13.0 Å². The third-order valence-corrected chi connectivity index (χ3v) is 6.05. The monoisotopic (exact) mass is 584 g/mol. The number of aryl methyl sites for hydroxylation is 2. The van der Waals surface area contributed by atoms with Crippen LogP contribution in [-0.2, 0) is 39.3 Å². The van der Waals surface area contributed by atoms with Gasteiger partial charge in [0, 0.05) is 37.7 Å². The molecule has 40 heavy (non-hydrogen) atoms. The molecule has 1 saturated heterocycles. The molecule has 1 aliphatic carbocycles. The van der Waals surface area contributed by atoms with Gasteiger partial charge in [0.25, 0.3) is 0 Å². The van der Waals surface area contributed by atoms with Crippen molar-refractivity contribution in [1.82, 2.24) is 19.4 Å². The van der Waals surface area contributed by atoms with Crippen LogP contribution in [0, 0.1) is 12.8 Å². The molecule has 3 heterocycles. The number of halogens is 6. The van der Waals surface area contributed by atoms with Crippen molar-refractivity contribution in [3.05, 3.63) is 47.8 Å². The first-order valence-corrected chi connectivity index (χ1v) is 12.0. The van der Waals surface area contributed by atoms with E-state index in [-0.39, 0.29) is 0 Å². The predicted molar refractivity (Wildman–Crippen MR) is 126 cm³/mol. The fraction of sp³-hybridized carbons (Fsp3) is 0.583. The van der Waals surface area contributed by atoms with Gasteiger partial charge in [-0.2, -0.15) is 26.3 Å². The Balaban J connectivity index is 0.000000333. The molecule has 3 atom stereocenters. The Morgan fingerprint density at radius 2 is 1.73 bits per heavy atom. The number of hydrogen-bond acceptors (Lipinski definition) is 7. The highest BCUT2D eigenvalue weighted by Crippen LogP contribution is 2.35. The lowest BCUT2D eigenvalue weighted by atomic mass is 10.1. The molecule has 4 rings (SSSR count). The second kappa shape index (κ2) is 14.4. The molecule has 0 spiro atoms. The largest absolute Gasteiger partial charge is 0.490 e. The van der Waals surface area contributed by atoms with Gasteiger partial charge in [-0.15, -0.1) is 0 Å². The van der Waals surface area contributed by atoms with E-state index < -0.39 is 24.3 Å². The molecule has 0 radical (unpaired) electrons. The first kappa shape index (κ1) is 33.0. The van der Waals surface area contributed by atoms with Crippen LogP contribution in [0.2, 0.25) is 0 Å². The van der Waals surface area contributed by atoms with E-state index in [1.165, 1.54) is 0 Å². The zero-order chi connectivity index (χ0) is 30.1. The first-order chi connectivity index (χ1) is 18.6. The zero-order valence-corrected chi connectivity index (χ0v) is 21.7. The van der Waals surface area contributed by atoms with Crippen LogP contribution in [-0.4, -0.2) is 85.8 Å². The topological polar surface area (TPSA) is 127 Å². The number of hydrogen-bond donors (Lipinski definition) is 2. The van der Waals surface area contributed by atoms with Crippen molar-refractivity contribution in [1.29, 1.82) is 0 Å². The smallest absolute Gasteiger partial charge is 0.475 e. The minimum absolute atomic E-state index is 0.328. The van der Waals surface area contributed by atoms with Gasteiger partial charge in [-0.05, 0) is 37.8 Å². The number of ether oxygens (including phenoxy) is 2. The van der Waals surface area contributed by atoms with E-state index in [9.17, 15) is 26.3 Å².